The van der Waals surface area contributed by atoms with E-state index in [4.69, 9.17) is 0 Å². The van der Waals surface area contributed by atoms with E-state index in [-0.39, 0.29) is 44.0 Å². The van der Waals surface area contributed by atoms with E-state index in [1.807, 2.05) is 0 Å². The van der Waals surface area contributed by atoms with Crippen molar-refractivity contribution in [1.82, 2.24) is 0 Å². The van der Waals surface area contributed by atoms with Crippen LogP contribution >= 0.6 is 0 Å². The van der Waals surface area contributed by atoms with Crippen molar-refractivity contribution in [2.45, 2.75) is 20.8 Å². The Hall–Kier alpha value is 0.0643. The number of hydrogen-bond donors (Lipinski definition) is 0. The Kier molecular flexibility index (Phi) is 17.3. The zero-order chi connectivity index (χ0) is 6.15. The molecule has 0 aromatic heterocycles. The molecule has 0 N–H and O–H groups in total. The fourth-order valence-corrected chi connectivity index (χ4v) is 0.811. The molecule has 68 valence electrons. The van der Waals surface area contributed by atoms with Gasteiger partial charge in [0.2, 0.25) is 0 Å². The molecule has 0 aliphatic rings. The molecule has 0 unspecified atom stereocenters. The van der Waals surface area contributed by atoms with Crippen LogP contribution in [-0.2, 0) is 21.7 Å². The zero-order valence-corrected chi connectivity index (χ0v) is 10.7. The molecule has 1 heteroatoms. The molecule has 12 heavy (non-hydrogen) atoms. The fourth-order valence-electron chi connectivity index (χ4n) is 0.811. The van der Waals surface area contributed by atoms with Crippen LogP contribution in [0.15, 0.2) is 12.1 Å². The molecule has 0 heterocycles. The number of aryl methyl sites for hydroxylation is 2. The van der Waals surface area contributed by atoms with E-state index < -0.39 is 0 Å². The minimum absolute atomic E-state index is 0. The predicted molar refractivity (Wildman–Crippen MR) is 55.5 cm³/mol. The second-order valence-electron chi connectivity index (χ2n) is 2.32. The Bertz CT molecular complexity index is 167. The molecule has 0 bridgehead atoms. The summed E-state index contributed by atoms with van der Waals surface area (Å²) in [5, 5.41) is 0. The van der Waals surface area contributed by atoms with Crippen LogP contribution in [-0.4, -0.2) is 0 Å². The van der Waals surface area contributed by atoms with Gasteiger partial charge < -0.3 is 22.3 Å². The summed E-state index contributed by atoms with van der Waals surface area (Å²) in [6, 6.07) is 4.31. The first-order valence-electron chi connectivity index (χ1n) is 2.91. The molecule has 0 spiro atoms. The Morgan fingerprint density at radius 1 is 1.08 bits per heavy atom. The Morgan fingerprint density at radius 2 is 1.50 bits per heavy atom. The molecule has 0 amide bonds. The van der Waals surface area contributed by atoms with Gasteiger partial charge in [-0.3, -0.25) is 0 Å². The second kappa shape index (κ2) is 9.15. The molecule has 1 rings (SSSR count). The van der Waals surface area contributed by atoms with E-state index in [0.29, 0.717) is 0 Å². The van der Waals surface area contributed by atoms with Crippen molar-refractivity contribution in [2.75, 3.05) is 0 Å². The summed E-state index contributed by atoms with van der Waals surface area (Å²) in [7, 11) is 0. The van der Waals surface area contributed by atoms with Gasteiger partial charge in [-0.25, -0.2) is 6.07 Å². The minimum Gasteiger partial charge on any atom is -0.358 e. The Labute approximate surface area is 93.6 Å². The molecular weight excluding hydrogens is 180 g/mol. The van der Waals surface area contributed by atoms with Crippen molar-refractivity contribution in [1.29, 1.82) is 0 Å². The Morgan fingerprint density at radius 3 is 1.58 bits per heavy atom. The van der Waals surface area contributed by atoms with Crippen LogP contribution in [0.4, 0.5) is 0 Å². The van der Waals surface area contributed by atoms with Crippen molar-refractivity contribution < 1.29 is 21.7 Å². The topological polar surface area (TPSA) is 0 Å². The molecule has 1 aromatic carbocycles. The maximum Gasteiger partial charge on any atom is 4.00 e. The van der Waals surface area contributed by atoms with Gasteiger partial charge in [-0.1, -0.05) is 20.8 Å². The van der Waals surface area contributed by atoms with Crippen LogP contribution in [0.3, 0.4) is 0 Å². The smallest absolute Gasteiger partial charge is 0.358 e. The molecule has 0 saturated carbocycles. The van der Waals surface area contributed by atoms with Gasteiger partial charge in [0.1, 0.15) is 0 Å². The van der Waals surface area contributed by atoms with E-state index in [1.54, 1.807) is 0 Å². The molecule has 0 radical (unpaired) electrons. The number of hydrogen-bond acceptors (Lipinski definition) is 0. The van der Waals surface area contributed by atoms with Gasteiger partial charge in [0.25, 0.3) is 0 Å². The Balaban J connectivity index is -0.0000000800. The molecule has 1 aromatic rings. The summed E-state index contributed by atoms with van der Waals surface area (Å²) in [5.41, 5.74) is 4.25. The summed E-state index contributed by atoms with van der Waals surface area (Å²) >= 11 is 0. The third kappa shape index (κ3) is 4.84. The predicted octanol–water partition coefficient (Wildman–Crippen LogP) is 3.68. The van der Waals surface area contributed by atoms with Crippen molar-refractivity contribution in [3.05, 3.63) is 51.1 Å². The average Bonchev–Trinajstić information content (AvgIpc) is 1.98. The first kappa shape index (κ1) is 22.7. The van der Waals surface area contributed by atoms with E-state index in [2.05, 4.69) is 32.9 Å². The average molecular weight is 200 g/mol. The van der Waals surface area contributed by atoms with Crippen molar-refractivity contribution in [2.24, 2.45) is 0 Å². The van der Waals surface area contributed by atoms with Crippen molar-refractivity contribution in [3.8, 4) is 0 Å². The van der Waals surface area contributed by atoms with Crippen LogP contribution in [0.25, 0.3) is 0 Å². The van der Waals surface area contributed by atoms with Gasteiger partial charge >= 0.3 is 21.7 Å². The van der Waals surface area contributed by atoms with Gasteiger partial charge in [-0.2, -0.15) is 22.8 Å². The molecule has 0 aliphatic heterocycles. The quantitative estimate of drug-likeness (QED) is 0.442. The summed E-state index contributed by atoms with van der Waals surface area (Å²) in [6.45, 7) is 6.44. The molecular formula is C11H20Ti. The van der Waals surface area contributed by atoms with E-state index in [9.17, 15) is 0 Å². The first-order chi connectivity index (χ1) is 3.72. The summed E-state index contributed by atoms with van der Waals surface area (Å²) in [4.78, 5) is 0. The van der Waals surface area contributed by atoms with E-state index >= 15 is 0 Å². The van der Waals surface area contributed by atoms with Gasteiger partial charge in [0.05, 0.1) is 0 Å². The standard InChI is InChI=1S/C8H11.3CH3.Ti/c1-6-4-5-7(2)8(6)3;;;;/h4-5H,1-3H3;3*1H3;/q4*-1;+4. The largest absolute Gasteiger partial charge is 4.00 e. The van der Waals surface area contributed by atoms with E-state index in [0.717, 1.165) is 0 Å². The molecule has 0 fully saturated rings. The van der Waals surface area contributed by atoms with Crippen molar-refractivity contribution >= 4 is 0 Å². The fraction of sp³-hybridized carbons (Fsp3) is 0.273. The van der Waals surface area contributed by atoms with Gasteiger partial charge in [0.15, 0.2) is 0 Å². The van der Waals surface area contributed by atoms with Crippen LogP contribution in [0.1, 0.15) is 16.7 Å². The van der Waals surface area contributed by atoms with Crippen LogP contribution in [0.5, 0.6) is 0 Å². The summed E-state index contributed by atoms with van der Waals surface area (Å²) < 4.78 is 0. The number of rotatable bonds is 0. The first-order valence-corrected chi connectivity index (χ1v) is 2.91. The zero-order valence-electron chi connectivity index (χ0n) is 9.15. The second-order valence-corrected chi connectivity index (χ2v) is 2.32. The minimum atomic E-state index is 0. The van der Waals surface area contributed by atoms with Crippen LogP contribution in [0, 0.1) is 43.1 Å². The summed E-state index contributed by atoms with van der Waals surface area (Å²) in [5.74, 6) is 0. The van der Waals surface area contributed by atoms with Gasteiger partial charge in [-0.15, -0.1) is 0 Å². The van der Waals surface area contributed by atoms with Crippen LogP contribution < -0.4 is 0 Å². The van der Waals surface area contributed by atoms with Crippen molar-refractivity contribution in [3.63, 3.8) is 0 Å². The maximum absolute atomic E-state index is 2.16. The maximum atomic E-state index is 2.16. The molecule has 0 saturated heterocycles. The van der Waals surface area contributed by atoms with Crippen LogP contribution in [0.2, 0.25) is 0 Å². The third-order valence-corrected chi connectivity index (χ3v) is 1.77. The normalized spacial score (nSPS) is 6.58. The molecule has 0 atom stereocenters. The monoisotopic (exact) mass is 200 g/mol. The van der Waals surface area contributed by atoms with Gasteiger partial charge in [-0.05, 0) is 0 Å². The molecule has 0 nitrogen and oxygen atoms in total. The molecule has 0 aliphatic carbocycles. The summed E-state index contributed by atoms with van der Waals surface area (Å²) in [6.07, 6.45) is 0. The SMILES string of the molecule is Cc1cc[c-](C)c1C.[CH3-].[CH3-].[CH3-].[Ti+4]. The van der Waals surface area contributed by atoms with E-state index in [1.165, 1.54) is 16.7 Å². The third-order valence-electron chi connectivity index (χ3n) is 1.77. The van der Waals surface area contributed by atoms with Gasteiger partial charge in [0, 0.05) is 0 Å².